The lowest BCUT2D eigenvalue weighted by atomic mass is 9.92. The van der Waals surface area contributed by atoms with Crippen molar-refractivity contribution in [2.75, 3.05) is 26.3 Å². The third kappa shape index (κ3) is 9.30. The van der Waals surface area contributed by atoms with Crippen molar-refractivity contribution in [1.29, 1.82) is 0 Å². The first-order valence-corrected chi connectivity index (χ1v) is 14.8. The molecular weight excluding hydrogens is 534 g/mol. The second kappa shape index (κ2) is 14.7. The predicted molar refractivity (Wildman–Crippen MR) is 160 cm³/mol. The van der Waals surface area contributed by atoms with Crippen LogP contribution in [-0.2, 0) is 27.3 Å². The normalized spacial score (nSPS) is 19.6. The zero-order valence-corrected chi connectivity index (χ0v) is 24.9. The SMILES string of the molecule is CC1(C)OCc2cc([C@@H](O)CNCCCCCCOCCC#Cc3cccc(C[C@@]4(C)NC(=O)NC4=O)c3)ccc2O1. The van der Waals surface area contributed by atoms with Crippen molar-refractivity contribution in [3.8, 4) is 17.6 Å². The quantitative estimate of drug-likeness (QED) is 0.152. The van der Waals surface area contributed by atoms with Crippen molar-refractivity contribution in [1.82, 2.24) is 16.0 Å². The van der Waals surface area contributed by atoms with E-state index in [9.17, 15) is 14.7 Å². The van der Waals surface area contributed by atoms with Crippen LogP contribution in [0.4, 0.5) is 4.79 Å². The van der Waals surface area contributed by atoms with Gasteiger partial charge in [0.05, 0.1) is 19.3 Å². The van der Waals surface area contributed by atoms with Crippen LogP contribution in [0.15, 0.2) is 42.5 Å². The molecular formula is C33H43N3O6. The topological polar surface area (TPSA) is 118 Å². The van der Waals surface area contributed by atoms with Gasteiger partial charge in [0.1, 0.15) is 11.3 Å². The predicted octanol–water partition coefficient (Wildman–Crippen LogP) is 4.11. The highest BCUT2D eigenvalue weighted by Gasteiger charge is 2.41. The van der Waals surface area contributed by atoms with Crippen LogP contribution in [0.5, 0.6) is 5.75 Å². The van der Waals surface area contributed by atoms with Crippen molar-refractivity contribution < 1.29 is 28.9 Å². The zero-order valence-electron chi connectivity index (χ0n) is 24.9. The molecule has 0 bridgehead atoms. The number of ether oxygens (including phenoxy) is 3. The van der Waals surface area contributed by atoms with Crippen molar-refractivity contribution in [2.45, 2.75) is 83.3 Å². The number of hydrogen-bond donors (Lipinski definition) is 4. The molecule has 1 fully saturated rings. The lowest BCUT2D eigenvalue weighted by molar-refractivity contribution is -0.180. The second-order valence-electron chi connectivity index (χ2n) is 11.6. The number of fused-ring (bicyclic) bond motifs is 1. The average molecular weight is 578 g/mol. The Morgan fingerprint density at radius 3 is 2.71 bits per heavy atom. The van der Waals surface area contributed by atoms with E-state index in [0.717, 1.165) is 66.8 Å². The first kappa shape index (κ1) is 31.5. The zero-order chi connectivity index (χ0) is 30.0. The fraction of sp³-hybridized carbons (Fsp3) is 0.515. The summed E-state index contributed by atoms with van der Waals surface area (Å²) >= 11 is 0. The summed E-state index contributed by atoms with van der Waals surface area (Å²) in [4.78, 5) is 23.5. The van der Waals surface area contributed by atoms with Crippen LogP contribution >= 0.6 is 0 Å². The number of unbranched alkanes of at least 4 members (excludes halogenated alkanes) is 3. The fourth-order valence-electron chi connectivity index (χ4n) is 4.99. The average Bonchev–Trinajstić information content (AvgIpc) is 3.20. The van der Waals surface area contributed by atoms with Crippen LogP contribution in [0.25, 0.3) is 0 Å². The molecule has 4 rings (SSSR count). The summed E-state index contributed by atoms with van der Waals surface area (Å²) in [5, 5.41) is 18.9. The van der Waals surface area contributed by atoms with Gasteiger partial charge in [-0.3, -0.25) is 10.1 Å². The molecule has 3 amide bonds. The molecule has 2 aromatic carbocycles. The second-order valence-corrected chi connectivity index (χ2v) is 11.6. The largest absolute Gasteiger partial charge is 0.463 e. The van der Waals surface area contributed by atoms with Crippen molar-refractivity contribution in [3.05, 3.63) is 64.7 Å². The highest BCUT2D eigenvalue weighted by atomic mass is 16.7. The Kier molecular flexibility index (Phi) is 11.0. The Hall–Kier alpha value is -3.42. The minimum atomic E-state index is -0.941. The summed E-state index contributed by atoms with van der Waals surface area (Å²) in [7, 11) is 0. The molecule has 0 aromatic heterocycles. The lowest BCUT2D eigenvalue weighted by Crippen LogP contribution is -2.45. The number of aliphatic hydroxyl groups is 1. The molecule has 2 aromatic rings. The number of hydrogen-bond acceptors (Lipinski definition) is 7. The smallest absolute Gasteiger partial charge is 0.322 e. The molecule has 9 heteroatoms. The van der Waals surface area contributed by atoms with Crippen molar-refractivity contribution in [2.24, 2.45) is 0 Å². The molecule has 0 saturated carbocycles. The van der Waals surface area contributed by atoms with Gasteiger partial charge >= 0.3 is 6.03 Å². The highest BCUT2D eigenvalue weighted by Crippen LogP contribution is 2.32. The number of rotatable bonds is 14. The van der Waals surface area contributed by atoms with Gasteiger partial charge in [0, 0.05) is 51.0 Å². The Labute approximate surface area is 248 Å². The van der Waals surface area contributed by atoms with Crippen molar-refractivity contribution in [3.63, 3.8) is 0 Å². The molecule has 2 atom stereocenters. The van der Waals surface area contributed by atoms with Gasteiger partial charge in [-0.25, -0.2) is 4.79 Å². The van der Waals surface area contributed by atoms with Crippen LogP contribution in [0, 0.1) is 11.8 Å². The van der Waals surface area contributed by atoms with E-state index >= 15 is 0 Å². The number of imide groups is 1. The number of benzene rings is 2. The van der Waals surface area contributed by atoms with Gasteiger partial charge in [-0.1, -0.05) is 42.9 Å². The number of carbonyl (C=O) groups is 2. The molecule has 0 radical (unpaired) electrons. The van der Waals surface area contributed by atoms with Gasteiger partial charge in [-0.15, -0.1) is 0 Å². The summed E-state index contributed by atoms with van der Waals surface area (Å²) in [6.45, 7) is 8.67. The first-order chi connectivity index (χ1) is 20.1. The Bertz CT molecular complexity index is 1300. The molecule has 9 nitrogen and oxygen atoms in total. The third-order valence-corrected chi connectivity index (χ3v) is 7.34. The number of amides is 3. The van der Waals surface area contributed by atoms with E-state index in [-0.39, 0.29) is 5.91 Å². The summed E-state index contributed by atoms with van der Waals surface area (Å²) < 4.78 is 17.2. The van der Waals surface area contributed by atoms with E-state index in [1.165, 1.54) is 0 Å². The summed E-state index contributed by atoms with van der Waals surface area (Å²) in [5.74, 6) is 6.18. The van der Waals surface area contributed by atoms with Crippen LogP contribution in [0.3, 0.4) is 0 Å². The standard InChI is InChI=1S/C33H43N3O6/c1-32(2)41-23-27-20-26(14-15-29(27)42-32)28(37)22-34-16-7-4-5-8-17-40-18-9-6-11-24-12-10-13-25(19-24)21-33(3)30(38)35-31(39)36-33/h10,12-15,19-20,28,34,37H,4-5,7-9,16-18,21-23H2,1-3H3,(H2,35,36,38,39)/t28-,33+/m0/s1. The van der Waals surface area contributed by atoms with Gasteiger partial charge in [-0.2, -0.15) is 0 Å². The molecule has 1 saturated heterocycles. The molecule has 42 heavy (non-hydrogen) atoms. The number of aliphatic hydroxyl groups excluding tert-OH is 1. The maximum Gasteiger partial charge on any atom is 0.322 e. The lowest BCUT2D eigenvalue weighted by Gasteiger charge is -2.33. The van der Waals surface area contributed by atoms with Gasteiger partial charge in [-0.05, 0) is 61.7 Å². The van der Waals surface area contributed by atoms with E-state index in [4.69, 9.17) is 14.2 Å². The minimum absolute atomic E-state index is 0.313. The third-order valence-electron chi connectivity index (χ3n) is 7.34. The number of urea groups is 1. The summed E-state index contributed by atoms with van der Waals surface area (Å²) in [6, 6.07) is 13.1. The maximum atomic E-state index is 12.1. The van der Waals surface area contributed by atoms with E-state index in [1.807, 2.05) is 56.3 Å². The van der Waals surface area contributed by atoms with Gasteiger partial charge < -0.3 is 30.0 Å². The van der Waals surface area contributed by atoms with Gasteiger partial charge in [0.15, 0.2) is 0 Å². The summed E-state index contributed by atoms with van der Waals surface area (Å²) in [5.41, 5.74) is 2.70. The van der Waals surface area contributed by atoms with E-state index in [1.54, 1.807) is 6.92 Å². The van der Waals surface area contributed by atoms with E-state index in [2.05, 4.69) is 27.8 Å². The highest BCUT2D eigenvalue weighted by molar-refractivity contribution is 6.06. The summed E-state index contributed by atoms with van der Waals surface area (Å²) in [6.07, 6.45) is 4.75. The number of carbonyl (C=O) groups excluding carboxylic acids is 2. The molecule has 0 spiro atoms. The monoisotopic (exact) mass is 577 g/mol. The minimum Gasteiger partial charge on any atom is -0.463 e. The molecule has 2 aliphatic heterocycles. The fourth-order valence-corrected chi connectivity index (χ4v) is 4.99. The van der Waals surface area contributed by atoms with Crippen LogP contribution in [-0.4, -0.2) is 54.7 Å². The van der Waals surface area contributed by atoms with Crippen LogP contribution in [0.1, 0.15) is 81.2 Å². The van der Waals surface area contributed by atoms with Crippen LogP contribution in [0.2, 0.25) is 0 Å². The van der Waals surface area contributed by atoms with Gasteiger partial charge in [0.2, 0.25) is 5.79 Å². The number of nitrogens with one attached hydrogen (secondary N) is 3. The molecule has 0 aliphatic carbocycles. The molecule has 226 valence electrons. The Balaban J connectivity index is 1.01. The molecule has 2 aliphatic rings. The molecule has 0 unspecified atom stereocenters. The molecule has 4 N–H and O–H groups in total. The Morgan fingerprint density at radius 2 is 1.90 bits per heavy atom. The molecule has 2 heterocycles. The van der Waals surface area contributed by atoms with E-state index in [0.29, 0.717) is 32.6 Å². The Morgan fingerprint density at radius 1 is 1.07 bits per heavy atom. The van der Waals surface area contributed by atoms with Crippen molar-refractivity contribution >= 4 is 11.9 Å². The van der Waals surface area contributed by atoms with Gasteiger partial charge in [0.25, 0.3) is 5.91 Å². The first-order valence-electron chi connectivity index (χ1n) is 14.8. The maximum absolute atomic E-state index is 12.1. The van der Waals surface area contributed by atoms with E-state index < -0.39 is 23.5 Å². The van der Waals surface area contributed by atoms with Crippen LogP contribution < -0.4 is 20.7 Å².